The molecule has 1 amide bonds. The summed E-state index contributed by atoms with van der Waals surface area (Å²) in [4.78, 5) is 11.7. The minimum absolute atomic E-state index is 0.138. The van der Waals surface area contributed by atoms with E-state index in [4.69, 9.17) is 16.3 Å². The molecule has 2 rings (SSSR count). The van der Waals surface area contributed by atoms with Crippen LogP contribution in [0.3, 0.4) is 0 Å². The van der Waals surface area contributed by atoms with Crippen LogP contribution in [-0.2, 0) is 11.2 Å². The molecule has 0 saturated heterocycles. The van der Waals surface area contributed by atoms with Gasteiger partial charge in [0.05, 0.1) is 18.6 Å². The van der Waals surface area contributed by atoms with Gasteiger partial charge >= 0.3 is 0 Å². The quantitative estimate of drug-likeness (QED) is 0.891. The fourth-order valence-electron chi connectivity index (χ4n) is 1.51. The molecule has 1 heterocycles. The van der Waals surface area contributed by atoms with Gasteiger partial charge in [0.1, 0.15) is 5.75 Å². The van der Waals surface area contributed by atoms with E-state index in [1.165, 1.54) is 7.11 Å². The van der Waals surface area contributed by atoms with Gasteiger partial charge in [0, 0.05) is 17.6 Å². The molecule has 6 heteroatoms. The highest BCUT2D eigenvalue weighted by Crippen LogP contribution is 2.27. The summed E-state index contributed by atoms with van der Waals surface area (Å²) in [7, 11) is 1.54. The van der Waals surface area contributed by atoms with Crippen LogP contribution in [0, 0.1) is 0 Å². The molecule has 0 aliphatic rings. The van der Waals surface area contributed by atoms with E-state index in [1.807, 2.05) is 0 Å². The number of rotatable bonds is 4. The lowest BCUT2D eigenvalue weighted by molar-refractivity contribution is -0.115. The predicted octanol–water partition coefficient (Wildman–Crippen LogP) is 2.25. The summed E-state index contributed by atoms with van der Waals surface area (Å²) in [6.45, 7) is 0. The Labute approximate surface area is 109 Å². The number of hydrogen-bond acceptors (Lipinski definition) is 3. The van der Waals surface area contributed by atoms with Gasteiger partial charge in [-0.25, -0.2) is 0 Å². The number of hydrogen-bond donors (Lipinski definition) is 2. The van der Waals surface area contributed by atoms with Crippen LogP contribution in [0.1, 0.15) is 5.69 Å². The van der Waals surface area contributed by atoms with Crippen LogP contribution in [0.5, 0.6) is 5.75 Å². The molecule has 0 spiro atoms. The van der Waals surface area contributed by atoms with Crippen molar-refractivity contribution in [2.45, 2.75) is 6.42 Å². The molecule has 0 bridgehead atoms. The molecule has 0 saturated carbocycles. The molecule has 0 unspecified atom stereocenters. The Kier molecular flexibility index (Phi) is 3.84. The van der Waals surface area contributed by atoms with Gasteiger partial charge in [-0.05, 0) is 24.3 Å². The number of H-pyrrole nitrogens is 1. The molecule has 2 aromatic rings. The Balaban J connectivity index is 2.01. The van der Waals surface area contributed by atoms with Crippen molar-refractivity contribution in [1.82, 2.24) is 10.2 Å². The van der Waals surface area contributed by atoms with Crippen molar-refractivity contribution >= 4 is 23.2 Å². The third-order valence-corrected chi connectivity index (χ3v) is 2.64. The molecule has 0 aliphatic heterocycles. The first kappa shape index (κ1) is 12.4. The molecular formula is C12H12ClN3O2. The molecule has 18 heavy (non-hydrogen) atoms. The second-order valence-corrected chi connectivity index (χ2v) is 4.06. The van der Waals surface area contributed by atoms with Gasteiger partial charge in [-0.3, -0.25) is 9.89 Å². The van der Waals surface area contributed by atoms with Crippen LogP contribution >= 0.6 is 11.6 Å². The standard InChI is InChI=1S/C12H12ClN3O2/c1-18-11-3-2-8(6-10(11)13)15-12(17)7-9-4-5-14-16-9/h2-6H,7H2,1H3,(H,14,16)(H,15,17). The average Bonchev–Trinajstić information content (AvgIpc) is 2.82. The molecular weight excluding hydrogens is 254 g/mol. The minimum atomic E-state index is -0.138. The van der Waals surface area contributed by atoms with Crippen LogP contribution in [0.15, 0.2) is 30.5 Å². The number of methoxy groups -OCH3 is 1. The number of amides is 1. The number of carbonyl (C=O) groups is 1. The van der Waals surface area contributed by atoms with E-state index in [2.05, 4.69) is 15.5 Å². The summed E-state index contributed by atoms with van der Waals surface area (Å²) in [5, 5.41) is 9.70. The number of aromatic amines is 1. The molecule has 0 radical (unpaired) electrons. The van der Waals surface area contributed by atoms with Crippen molar-refractivity contribution in [3.8, 4) is 5.75 Å². The van der Waals surface area contributed by atoms with Crippen LogP contribution < -0.4 is 10.1 Å². The second-order valence-electron chi connectivity index (χ2n) is 3.66. The van der Waals surface area contributed by atoms with Crippen molar-refractivity contribution in [2.24, 2.45) is 0 Å². The number of benzene rings is 1. The number of nitrogens with zero attached hydrogens (tertiary/aromatic N) is 1. The lowest BCUT2D eigenvalue weighted by atomic mass is 10.2. The molecule has 5 nitrogen and oxygen atoms in total. The zero-order chi connectivity index (χ0) is 13.0. The molecule has 1 aromatic heterocycles. The predicted molar refractivity (Wildman–Crippen MR) is 68.9 cm³/mol. The van der Waals surface area contributed by atoms with Crippen LogP contribution in [0.25, 0.3) is 0 Å². The van der Waals surface area contributed by atoms with E-state index in [0.717, 1.165) is 5.69 Å². The topological polar surface area (TPSA) is 67.0 Å². The van der Waals surface area contributed by atoms with Gasteiger partial charge in [-0.2, -0.15) is 5.10 Å². The maximum atomic E-state index is 11.7. The highest BCUT2D eigenvalue weighted by Gasteiger charge is 2.07. The summed E-state index contributed by atoms with van der Waals surface area (Å²) in [6.07, 6.45) is 1.84. The summed E-state index contributed by atoms with van der Waals surface area (Å²) < 4.78 is 5.03. The number of carbonyl (C=O) groups excluding carboxylic acids is 1. The van der Waals surface area contributed by atoms with Crippen LogP contribution in [0.2, 0.25) is 5.02 Å². The monoisotopic (exact) mass is 265 g/mol. The van der Waals surface area contributed by atoms with Gasteiger partial charge in [0.25, 0.3) is 0 Å². The van der Waals surface area contributed by atoms with Crippen molar-refractivity contribution in [2.75, 3.05) is 12.4 Å². The summed E-state index contributed by atoms with van der Waals surface area (Å²) in [5.74, 6) is 0.434. The first-order valence-corrected chi connectivity index (χ1v) is 5.68. The van der Waals surface area contributed by atoms with Crippen molar-refractivity contribution in [1.29, 1.82) is 0 Å². The van der Waals surface area contributed by atoms with Crippen molar-refractivity contribution in [3.05, 3.63) is 41.2 Å². The first-order chi connectivity index (χ1) is 8.69. The smallest absolute Gasteiger partial charge is 0.230 e. The second kappa shape index (κ2) is 5.55. The molecule has 94 valence electrons. The summed E-state index contributed by atoms with van der Waals surface area (Å²) in [6, 6.07) is 6.83. The Morgan fingerprint density at radius 3 is 2.94 bits per heavy atom. The fraction of sp³-hybridized carbons (Fsp3) is 0.167. The molecule has 0 aliphatic carbocycles. The van der Waals surface area contributed by atoms with E-state index in [-0.39, 0.29) is 12.3 Å². The number of anilines is 1. The van der Waals surface area contributed by atoms with Gasteiger partial charge in [0.15, 0.2) is 0 Å². The Morgan fingerprint density at radius 1 is 1.50 bits per heavy atom. The zero-order valence-corrected chi connectivity index (χ0v) is 10.5. The summed E-state index contributed by atoms with van der Waals surface area (Å²) >= 11 is 5.96. The van der Waals surface area contributed by atoms with Crippen molar-refractivity contribution in [3.63, 3.8) is 0 Å². The molecule has 0 atom stereocenters. The summed E-state index contributed by atoms with van der Waals surface area (Å²) in [5.41, 5.74) is 1.39. The van der Waals surface area contributed by atoms with Crippen LogP contribution in [-0.4, -0.2) is 23.2 Å². The normalized spacial score (nSPS) is 10.1. The van der Waals surface area contributed by atoms with Gasteiger partial charge in [-0.15, -0.1) is 0 Å². The number of halogens is 1. The third-order valence-electron chi connectivity index (χ3n) is 2.34. The lowest BCUT2D eigenvalue weighted by Gasteiger charge is -2.07. The largest absolute Gasteiger partial charge is 0.495 e. The highest BCUT2D eigenvalue weighted by molar-refractivity contribution is 6.32. The number of aromatic nitrogens is 2. The fourth-order valence-corrected chi connectivity index (χ4v) is 1.76. The number of ether oxygens (including phenoxy) is 1. The van der Waals surface area contributed by atoms with Crippen LogP contribution in [0.4, 0.5) is 5.69 Å². The lowest BCUT2D eigenvalue weighted by Crippen LogP contribution is -2.14. The van der Waals surface area contributed by atoms with Gasteiger partial charge < -0.3 is 10.1 Å². The van der Waals surface area contributed by atoms with Gasteiger partial charge in [0.2, 0.25) is 5.91 Å². The highest BCUT2D eigenvalue weighted by atomic mass is 35.5. The van der Waals surface area contributed by atoms with Crippen molar-refractivity contribution < 1.29 is 9.53 Å². The third kappa shape index (κ3) is 3.01. The minimum Gasteiger partial charge on any atom is -0.495 e. The van der Waals surface area contributed by atoms with E-state index < -0.39 is 0 Å². The zero-order valence-electron chi connectivity index (χ0n) is 9.74. The van der Waals surface area contributed by atoms with E-state index in [0.29, 0.717) is 16.5 Å². The molecule has 1 aromatic carbocycles. The average molecular weight is 266 g/mol. The maximum absolute atomic E-state index is 11.7. The van der Waals surface area contributed by atoms with E-state index in [1.54, 1.807) is 30.5 Å². The molecule has 0 fully saturated rings. The maximum Gasteiger partial charge on any atom is 0.230 e. The van der Waals surface area contributed by atoms with E-state index in [9.17, 15) is 4.79 Å². The first-order valence-electron chi connectivity index (χ1n) is 5.30. The Hall–Kier alpha value is -2.01. The van der Waals surface area contributed by atoms with E-state index >= 15 is 0 Å². The Bertz CT molecular complexity index is 540. The molecule has 2 N–H and O–H groups in total. The Morgan fingerprint density at radius 2 is 2.33 bits per heavy atom. The van der Waals surface area contributed by atoms with Gasteiger partial charge in [-0.1, -0.05) is 11.6 Å². The SMILES string of the molecule is COc1ccc(NC(=O)Cc2ccn[nH]2)cc1Cl. The number of nitrogens with one attached hydrogen (secondary N) is 2.